The van der Waals surface area contributed by atoms with Crippen LogP contribution in [0.2, 0.25) is 0 Å². The molecule has 1 unspecified atom stereocenters. The van der Waals surface area contributed by atoms with Gasteiger partial charge in [0.25, 0.3) is 5.91 Å². The van der Waals surface area contributed by atoms with E-state index in [-0.39, 0.29) is 11.9 Å². The highest BCUT2D eigenvalue weighted by molar-refractivity contribution is 7.12. The standard InChI is InChI=1S/C10H12N2OS/c1-7-4-6-14-9(7)10(13)12-8(2)3-5-11/h4,6,8H,3H2,1-2H3,(H,12,13). The van der Waals surface area contributed by atoms with Gasteiger partial charge in [0.15, 0.2) is 0 Å². The van der Waals surface area contributed by atoms with Crippen LogP contribution in [0, 0.1) is 18.3 Å². The summed E-state index contributed by atoms with van der Waals surface area (Å²) in [6, 6.07) is 3.84. The van der Waals surface area contributed by atoms with E-state index in [9.17, 15) is 4.79 Å². The van der Waals surface area contributed by atoms with Crippen molar-refractivity contribution in [2.45, 2.75) is 26.3 Å². The minimum Gasteiger partial charge on any atom is -0.348 e. The van der Waals surface area contributed by atoms with E-state index in [1.165, 1.54) is 11.3 Å². The molecule has 0 radical (unpaired) electrons. The van der Waals surface area contributed by atoms with Crippen LogP contribution in [0.15, 0.2) is 11.4 Å². The monoisotopic (exact) mass is 208 g/mol. The number of carbonyl (C=O) groups is 1. The zero-order valence-corrected chi connectivity index (χ0v) is 9.02. The third kappa shape index (κ3) is 2.57. The van der Waals surface area contributed by atoms with E-state index >= 15 is 0 Å². The number of thiophene rings is 1. The molecular weight excluding hydrogens is 196 g/mol. The maximum atomic E-state index is 11.6. The van der Waals surface area contributed by atoms with Gasteiger partial charge >= 0.3 is 0 Å². The van der Waals surface area contributed by atoms with Gasteiger partial charge in [-0.25, -0.2) is 0 Å². The van der Waals surface area contributed by atoms with E-state index in [0.29, 0.717) is 6.42 Å². The fourth-order valence-electron chi connectivity index (χ4n) is 1.08. The molecular formula is C10H12N2OS. The summed E-state index contributed by atoms with van der Waals surface area (Å²) in [7, 11) is 0. The van der Waals surface area contributed by atoms with Crippen LogP contribution in [-0.4, -0.2) is 11.9 Å². The second kappa shape index (κ2) is 4.77. The van der Waals surface area contributed by atoms with Gasteiger partial charge in [0.1, 0.15) is 0 Å². The van der Waals surface area contributed by atoms with Crippen LogP contribution in [0.3, 0.4) is 0 Å². The Morgan fingerprint density at radius 2 is 2.50 bits per heavy atom. The normalized spacial score (nSPS) is 11.8. The summed E-state index contributed by atoms with van der Waals surface area (Å²) in [5, 5.41) is 13.1. The minimum atomic E-state index is -0.0889. The number of rotatable bonds is 3. The Bertz CT molecular complexity index is 364. The van der Waals surface area contributed by atoms with Crippen LogP contribution in [0.25, 0.3) is 0 Å². The van der Waals surface area contributed by atoms with Crippen LogP contribution in [0.4, 0.5) is 0 Å². The molecule has 0 aromatic carbocycles. The summed E-state index contributed by atoms with van der Waals surface area (Å²) < 4.78 is 0. The lowest BCUT2D eigenvalue weighted by molar-refractivity contribution is 0.0944. The molecule has 0 bridgehead atoms. The predicted octanol–water partition coefficient (Wildman–Crippen LogP) is 2.09. The lowest BCUT2D eigenvalue weighted by atomic mass is 10.2. The maximum absolute atomic E-state index is 11.6. The molecule has 1 N–H and O–H groups in total. The first-order valence-electron chi connectivity index (χ1n) is 4.37. The predicted molar refractivity (Wildman–Crippen MR) is 56.2 cm³/mol. The third-order valence-corrected chi connectivity index (χ3v) is 2.86. The molecule has 14 heavy (non-hydrogen) atoms. The van der Waals surface area contributed by atoms with Crippen molar-refractivity contribution in [2.75, 3.05) is 0 Å². The quantitative estimate of drug-likeness (QED) is 0.826. The lowest BCUT2D eigenvalue weighted by Crippen LogP contribution is -2.31. The first-order chi connectivity index (χ1) is 6.65. The number of nitrogens with zero attached hydrogens (tertiary/aromatic N) is 1. The molecule has 3 nitrogen and oxygen atoms in total. The van der Waals surface area contributed by atoms with Crippen molar-refractivity contribution >= 4 is 17.2 Å². The van der Waals surface area contributed by atoms with E-state index in [1.807, 2.05) is 31.4 Å². The summed E-state index contributed by atoms with van der Waals surface area (Å²) in [5.41, 5.74) is 0.983. The number of hydrogen-bond acceptors (Lipinski definition) is 3. The molecule has 0 spiro atoms. The summed E-state index contributed by atoms with van der Waals surface area (Å²) in [6.07, 6.45) is 0.343. The highest BCUT2D eigenvalue weighted by Gasteiger charge is 2.12. The first-order valence-corrected chi connectivity index (χ1v) is 5.25. The van der Waals surface area contributed by atoms with E-state index in [0.717, 1.165) is 10.4 Å². The SMILES string of the molecule is Cc1ccsc1C(=O)NC(C)CC#N. The molecule has 1 atom stereocenters. The summed E-state index contributed by atoms with van der Waals surface area (Å²) in [4.78, 5) is 12.3. The summed E-state index contributed by atoms with van der Waals surface area (Å²) in [6.45, 7) is 3.73. The first kappa shape index (κ1) is 10.7. The van der Waals surface area contributed by atoms with E-state index in [2.05, 4.69) is 5.32 Å². The van der Waals surface area contributed by atoms with Crippen molar-refractivity contribution in [1.29, 1.82) is 5.26 Å². The Kier molecular flexibility index (Phi) is 3.66. The van der Waals surface area contributed by atoms with Crippen molar-refractivity contribution in [1.82, 2.24) is 5.32 Å². The third-order valence-electron chi connectivity index (χ3n) is 1.84. The van der Waals surface area contributed by atoms with Gasteiger partial charge in [0, 0.05) is 6.04 Å². The molecule has 4 heteroatoms. The van der Waals surface area contributed by atoms with Crippen LogP contribution in [0.5, 0.6) is 0 Å². The van der Waals surface area contributed by atoms with Crippen molar-refractivity contribution < 1.29 is 4.79 Å². The van der Waals surface area contributed by atoms with Gasteiger partial charge in [-0.2, -0.15) is 5.26 Å². The Hall–Kier alpha value is -1.34. The minimum absolute atomic E-state index is 0.0831. The second-order valence-corrected chi connectivity index (χ2v) is 4.09. The molecule has 0 aliphatic rings. The number of nitrogens with one attached hydrogen (secondary N) is 1. The zero-order valence-electron chi connectivity index (χ0n) is 8.20. The van der Waals surface area contributed by atoms with Gasteiger partial charge < -0.3 is 5.32 Å². The molecule has 0 aliphatic carbocycles. The van der Waals surface area contributed by atoms with Crippen molar-refractivity contribution in [3.8, 4) is 6.07 Å². The van der Waals surface area contributed by atoms with Crippen LogP contribution < -0.4 is 5.32 Å². The van der Waals surface area contributed by atoms with Gasteiger partial charge in [0.2, 0.25) is 0 Å². The second-order valence-electron chi connectivity index (χ2n) is 3.17. The molecule has 1 aromatic rings. The smallest absolute Gasteiger partial charge is 0.261 e. The van der Waals surface area contributed by atoms with Gasteiger partial charge in [-0.1, -0.05) is 0 Å². The summed E-state index contributed by atoms with van der Waals surface area (Å²) in [5.74, 6) is -0.0831. The number of aryl methyl sites for hydroxylation is 1. The topological polar surface area (TPSA) is 52.9 Å². The fourth-order valence-corrected chi connectivity index (χ4v) is 1.91. The highest BCUT2D eigenvalue weighted by Crippen LogP contribution is 2.15. The van der Waals surface area contributed by atoms with Crippen molar-refractivity contribution in [3.63, 3.8) is 0 Å². The number of carbonyl (C=O) groups excluding carboxylic acids is 1. The Labute approximate surface area is 87.4 Å². The van der Waals surface area contributed by atoms with Crippen LogP contribution in [-0.2, 0) is 0 Å². The zero-order chi connectivity index (χ0) is 10.6. The van der Waals surface area contributed by atoms with Gasteiger partial charge in [-0.3, -0.25) is 4.79 Å². The van der Waals surface area contributed by atoms with Crippen molar-refractivity contribution in [2.24, 2.45) is 0 Å². The molecule has 0 aliphatic heterocycles. The van der Waals surface area contributed by atoms with Gasteiger partial charge in [0.05, 0.1) is 17.4 Å². The Balaban J connectivity index is 2.60. The molecule has 0 saturated heterocycles. The molecule has 0 fully saturated rings. The molecule has 1 amide bonds. The number of nitriles is 1. The number of hydrogen-bond donors (Lipinski definition) is 1. The van der Waals surface area contributed by atoms with Gasteiger partial charge in [-0.05, 0) is 30.9 Å². The largest absolute Gasteiger partial charge is 0.348 e. The molecule has 1 rings (SSSR count). The highest BCUT2D eigenvalue weighted by atomic mass is 32.1. The number of amides is 1. The summed E-state index contributed by atoms with van der Waals surface area (Å²) >= 11 is 1.42. The molecule has 1 aromatic heterocycles. The average molecular weight is 208 g/mol. The molecule has 0 saturated carbocycles. The molecule has 1 heterocycles. The van der Waals surface area contributed by atoms with E-state index in [1.54, 1.807) is 0 Å². The lowest BCUT2D eigenvalue weighted by Gasteiger charge is -2.09. The van der Waals surface area contributed by atoms with Crippen LogP contribution in [0.1, 0.15) is 28.6 Å². The van der Waals surface area contributed by atoms with Gasteiger partial charge in [-0.15, -0.1) is 11.3 Å². The molecule has 74 valence electrons. The van der Waals surface area contributed by atoms with Crippen molar-refractivity contribution in [3.05, 3.63) is 21.9 Å². The Morgan fingerprint density at radius 1 is 1.79 bits per heavy atom. The Morgan fingerprint density at radius 3 is 3.00 bits per heavy atom. The van der Waals surface area contributed by atoms with E-state index in [4.69, 9.17) is 5.26 Å². The van der Waals surface area contributed by atoms with E-state index < -0.39 is 0 Å². The maximum Gasteiger partial charge on any atom is 0.261 e. The van der Waals surface area contributed by atoms with Crippen LogP contribution >= 0.6 is 11.3 Å². The average Bonchev–Trinajstić information content (AvgIpc) is 2.51. The fraction of sp³-hybridized carbons (Fsp3) is 0.400.